The topological polar surface area (TPSA) is 74.6 Å². The van der Waals surface area contributed by atoms with Gasteiger partial charge in [0.15, 0.2) is 5.78 Å². The third kappa shape index (κ3) is 3.38. The largest absolute Gasteiger partial charge is 0.508 e. The summed E-state index contributed by atoms with van der Waals surface area (Å²) in [4.78, 5) is 16.1. The quantitative estimate of drug-likeness (QED) is 0.511. The van der Waals surface area contributed by atoms with Gasteiger partial charge in [-0.05, 0) is 24.6 Å². The van der Waals surface area contributed by atoms with Crippen LogP contribution in [0.3, 0.4) is 0 Å². The van der Waals surface area contributed by atoms with Crippen LogP contribution in [0.5, 0.6) is 5.75 Å². The molecule has 2 rings (SSSR count). The molecule has 1 aromatic carbocycles. The summed E-state index contributed by atoms with van der Waals surface area (Å²) >= 11 is 1.27. The molecular formula is C13H13N3O2S. The molecular weight excluding hydrogens is 262 g/mol. The molecule has 0 saturated heterocycles. The molecule has 0 bridgehead atoms. The smallest absolute Gasteiger partial charge is 0.204 e. The summed E-state index contributed by atoms with van der Waals surface area (Å²) in [5.41, 5.74) is 4.24. The highest BCUT2D eigenvalue weighted by molar-refractivity contribution is 7.17. The van der Waals surface area contributed by atoms with Gasteiger partial charge in [-0.1, -0.05) is 23.5 Å². The summed E-state index contributed by atoms with van der Waals surface area (Å²) in [5.74, 6) is 0.188. The van der Waals surface area contributed by atoms with Crippen LogP contribution in [0.25, 0.3) is 0 Å². The molecule has 0 fully saturated rings. The lowest BCUT2D eigenvalue weighted by Gasteiger charge is -1.95. The summed E-state index contributed by atoms with van der Waals surface area (Å²) in [6.07, 6.45) is 1.57. The number of Topliss-reactive ketones (excluding diaryl/α,β-unsaturated/α-hetero) is 1. The third-order valence-corrected chi connectivity index (χ3v) is 3.52. The van der Waals surface area contributed by atoms with Crippen molar-refractivity contribution in [3.8, 4) is 5.75 Å². The first-order chi connectivity index (χ1) is 9.06. The molecule has 98 valence electrons. The van der Waals surface area contributed by atoms with Crippen LogP contribution >= 0.6 is 11.3 Å². The number of phenolic OH excluding ortho intramolecular Hbond substituents is 1. The molecule has 6 heteroatoms. The van der Waals surface area contributed by atoms with E-state index >= 15 is 0 Å². The first-order valence-electron chi connectivity index (χ1n) is 5.63. The molecule has 0 radical (unpaired) electrons. The normalized spacial score (nSPS) is 10.8. The van der Waals surface area contributed by atoms with Crippen molar-refractivity contribution in [2.75, 3.05) is 5.43 Å². The maximum absolute atomic E-state index is 11.3. The second-order valence-corrected chi connectivity index (χ2v) is 4.95. The van der Waals surface area contributed by atoms with Crippen LogP contribution in [-0.4, -0.2) is 22.1 Å². The number of carbonyl (C=O) groups is 1. The fourth-order valence-electron chi connectivity index (χ4n) is 1.54. The second-order valence-electron chi connectivity index (χ2n) is 3.95. The minimum atomic E-state index is 0.0000104. The Morgan fingerprint density at radius 2 is 2.32 bits per heavy atom. The lowest BCUT2D eigenvalue weighted by atomic mass is 10.2. The highest BCUT2D eigenvalue weighted by Crippen LogP contribution is 2.22. The summed E-state index contributed by atoms with van der Waals surface area (Å²) in [6, 6.07) is 6.74. The van der Waals surface area contributed by atoms with Crippen LogP contribution in [0.15, 0.2) is 29.4 Å². The van der Waals surface area contributed by atoms with Crippen LogP contribution in [0.2, 0.25) is 0 Å². The number of benzene rings is 1. The number of aromatic nitrogens is 1. The molecule has 0 aliphatic heterocycles. The van der Waals surface area contributed by atoms with Crippen LogP contribution in [0.4, 0.5) is 5.13 Å². The molecule has 2 N–H and O–H groups in total. The van der Waals surface area contributed by atoms with Crippen molar-refractivity contribution >= 4 is 28.5 Å². The van der Waals surface area contributed by atoms with Crippen molar-refractivity contribution in [2.24, 2.45) is 5.10 Å². The predicted molar refractivity (Wildman–Crippen MR) is 76.2 cm³/mol. The van der Waals surface area contributed by atoms with E-state index in [0.29, 0.717) is 15.7 Å². The summed E-state index contributed by atoms with van der Waals surface area (Å²) in [6.45, 7) is 3.30. The van der Waals surface area contributed by atoms with E-state index in [2.05, 4.69) is 15.5 Å². The fraction of sp³-hybridized carbons (Fsp3) is 0.154. The second kappa shape index (κ2) is 5.62. The van der Waals surface area contributed by atoms with E-state index < -0.39 is 0 Å². The van der Waals surface area contributed by atoms with Gasteiger partial charge in [-0.15, -0.1) is 0 Å². The number of hydrogen-bond donors (Lipinski definition) is 2. The lowest BCUT2D eigenvalue weighted by Crippen LogP contribution is -1.90. The first-order valence-corrected chi connectivity index (χ1v) is 6.44. The summed E-state index contributed by atoms with van der Waals surface area (Å²) < 4.78 is 0. The SMILES string of the molecule is CC(=O)c1sc(N/N=C\c2cccc(O)c2)nc1C. The number of nitrogens with zero attached hydrogens (tertiary/aromatic N) is 2. The third-order valence-electron chi connectivity index (χ3n) is 2.36. The van der Waals surface area contributed by atoms with Crippen molar-refractivity contribution in [3.05, 3.63) is 40.4 Å². The zero-order valence-corrected chi connectivity index (χ0v) is 11.4. The Balaban J connectivity index is 2.06. The maximum Gasteiger partial charge on any atom is 0.204 e. The van der Waals surface area contributed by atoms with E-state index in [1.54, 1.807) is 31.3 Å². The Kier molecular flexibility index (Phi) is 3.91. The zero-order chi connectivity index (χ0) is 13.8. The Morgan fingerprint density at radius 3 is 2.95 bits per heavy atom. The molecule has 0 amide bonds. The number of hydrogen-bond acceptors (Lipinski definition) is 6. The molecule has 0 aliphatic rings. The van der Waals surface area contributed by atoms with Crippen molar-refractivity contribution in [3.63, 3.8) is 0 Å². The summed E-state index contributed by atoms with van der Waals surface area (Å²) in [7, 11) is 0. The highest BCUT2D eigenvalue weighted by Gasteiger charge is 2.10. The van der Waals surface area contributed by atoms with Gasteiger partial charge >= 0.3 is 0 Å². The average molecular weight is 275 g/mol. The molecule has 19 heavy (non-hydrogen) atoms. The Labute approximate surface area is 114 Å². The predicted octanol–water partition coefficient (Wildman–Crippen LogP) is 2.81. The van der Waals surface area contributed by atoms with E-state index in [1.807, 2.05) is 6.07 Å². The van der Waals surface area contributed by atoms with Gasteiger partial charge in [0.1, 0.15) is 5.75 Å². The van der Waals surface area contributed by atoms with Gasteiger partial charge in [0.25, 0.3) is 0 Å². The van der Waals surface area contributed by atoms with Crippen LogP contribution in [-0.2, 0) is 0 Å². The monoisotopic (exact) mass is 275 g/mol. The van der Waals surface area contributed by atoms with Gasteiger partial charge in [-0.2, -0.15) is 5.10 Å². The number of rotatable bonds is 4. The van der Waals surface area contributed by atoms with E-state index in [1.165, 1.54) is 18.3 Å². The van der Waals surface area contributed by atoms with Crippen LogP contribution in [0.1, 0.15) is 27.9 Å². The number of aryl methyl sites for hydroxylation is 1. The van der Waals surface area contributed by atoms with Gasteiger partial charge < -0.3 is 5.11 Å². The van der Waals surface area contributed by atoms with Gasteiger partial charge in [0.2, 0.25) is 5.13 Å². The molecule has 0 atom stereocenters. The van der Waals surface area contributed by atoms with Gasteiger partial charge in [-0.25, -0.2) is 4.98 Å². The Morgan fingerprint density at radius 1 is 1.53 bits per heavy atom. The minimum Gasteiger partial charge on any atom is -0.508 e. The number of nitrogens with one attached hydrogen (secondary N) is 1. The van der Waals surface area contributed by atoms with Gasteiger partial charge in [0, 0.05) is 6.92 Å². The number of ketones is 1. The molecule has 0 saturated carbocycles. The standard InChI is InChI=1S/C13H13N3O2S/c1-8-12(9(2)17)19-13(15-8)16-14-7-10-4-3-5-11(18)6-10/h3-7,18H,1-2H3,(H,15,16)/b14-7-. The number of anilines is 1. The Hall–Kier alpha value is -2.21. The first kappa shape index (κ1) is 13.2. The molecule has 2 aromatic rings. The van der Waals surface area contributed by atoms with Crippen molar-refractivity contribution in [1.82, 2.24) is 4.98 Å². The number of hydrazone groups is 1. The molecule has 5 nitrogen and oxygen atoms in total. The highest BCUT2D eigenvalue weighted by atomic mass is 32.1. The molecule has 0 unspecified atom stereocenters. The minimum absolute atomic E-state index is 0.0000104. The lowest BCUT2D eigenvalue weighted by molar-refractivity contribution is 0.102. The van der Waals surface area contributed by atoms with Crippen molar-refractivity contribution in [2.45, 2.75) is 13.8 Å². The van der Waals surface area contributed by atoms with E-state index in [0.717, 1.165) is 5.56 Å². The van der Waals surface area contributed by atoms with E-state index in [9.17, 15) is 9.90 Å². The van der Waals surface area contributed by atoms with Gasteiger partial charge in [0.05, 0.1) is 16.8 Å². The Bertz CT molecular complexity index is 635. The summed E-state index contributed by atoms with van der Waals surface area (Å²) in [5, 5.41) is 13.9. The van der Waals surface area contributed by atoms with Crippen LogP contribution < -0.4 is 5.43 Å². The van der Waals surface area contributed by atoms with Crippen molar-refractivity contribution in [1.29, 1.82) is 0 Å². The number of phenols is 1. The number of thiazole rings is 1. The zero-order valence-electron chi connectivity index (χ0n) is 10.5. The molecule has 1 heterocycles. The van der Waals surface area contributed by atoms with E-state index in [-0.39, 0.29) is 11.5 Å². The fourth-order valence-corrected chi connectivity index (χ4v) is 2.35. The number of carbonyl (C=O) groups excluding carboxylic acids is 1. The molecule has 1 aromatic heterocycles. The van der Waals surface area contributed by atoms with E-state index in [4.69, 9.17) is 0 Å². The molecule has 0 aliphatic carbocycles. The van der Waals surface area contributed by atoms with Crippen LogP contribution in [0, 0.1) is 6.92 Å². The van der Waals surface area contributed by atoms with Crippen molar-refractivity contribution < 1.29 is 9.90 Å². The molecule has 0 spiro atoms. The average Bonchev–Trinajstić information content (AvgIpc) is 2.71. The van der Waals surface area contributed by atoms with Gasteiger partial charge in [-0.3, -0.25) is 10.2 Å². The maximum atomic E-state index is 11.3. The number of aromatic hydroxyl groups is 1.